The van der Waals surface area contributed by atoms with Crippen LogP contribution >= 0.6 is 0 Å². The lowest BCUT2D eigenvalue weighted by molar-refractivity contribution is -0.117. The number of nitrogens with one attached hydrogen (secondary N) is 2. The second-order valence-electron chi connectivity index (χ2n) is 6.70. The van der Waals surface area contributed by atoms with Crippen LogP contribution < -0.4 is 10.6 Å². The van der Waals surface area contributed by atoms with E-state index in [-0.39, 0.29) is 17.9 Å². The van der Waals surface area contributed by atoms with Gasteiger partial charge in [-0.2, -0.15) is 0 Å². The standard InChI is InChI=1S/C20H26N2O3/c23-19(16-7-2-1-3-8-16)21-13-15-6-4-9-17(12-15)20(24)22-14-18-10-5-11-25-18/h4,6-7,9,12,18H,1-3,5,8,10-11,13-14H2,(H,21,23)(H,22,24)/t18-/m0/s1. The molecular weight excluding hydrogens is 316 g/mol. The molecule has 0 spiro atoms. The quantitative estimate of drug-likeness (QED) is 0.835. The van der Waals surface area contributed by atoms with Crippen molar-refractivity contribution in [3.63, 3.8) is 0 Å². The highest BCUT2D eigenvalue weighted by Gasteiger charge is 2.17. The molecule has 1 fully saturated rings. The van der Waals surface area contributed by atoms with Crippen molar-refractivity contribution < 1.29 is 14.3 Å². The minimum atomic E-state index is -0.0985. The van der Waals surface area contributed by atoms with Crippen molar-refractivity contribution in [2.24, 2.45) is 0 Å². The molecule has 0 saturated carbocycles. The van der Waals surface area contributed by atoms with Gasteiger partial charge in [0.1, 0.15) is 0 Å². The molecule has 5 nitrogen and oxygen atoms in total. The molecule has 134 valence electrons. The fourth-order valence-corrected chi connectivity index (χ4v) is 3.28. The monoisotopic (exact) mass is 342 g/mol. The summed E-state index contributed by atoms with van der Waals surface area (Å²) in [5.41, 5.74) is 2.42. The Morgan fingerprint density at radius 2 is 2.04 bits per heavy atom. The lowest BCUT2D eigenvalue weighted by atomic mass is 9.99. The molecule has 0 radical (unpaired) electrons. The Balaban J connectivity index is 1.50. The van der Waals surface area contributed by atoms with Gasteiger partial charge < -0.3 is 15.4 Å². The molecule has 3 rings (SSSR count). The molecule has 1 heterocycles. The maximum Gasteiger partial charge on any atom is 0.251 e. The molecule has 0 unspecified atom stereocenters. The third-order valence-corrected chi connectivity index (χ3v) is 4.74. The smallest absolute Gasteiger partial charge is 0.251 e. The summed E-state index contributed by atoms with van der Waals surface area (Å²) in [6.45, 7) is 1.77. The van der Waals surface area contributed by atoms with Gasteiger partial charge in [0.2, 0.25) is 5.91 Å². The highest BCUT2D eigenvalue weighted by atomic mass is 16.5. The van der Waals surface area contributed by atoms with Crippen molar-refractivity contribution in [2.45, 2.75) is 51.2 Å². The second kappa shape index (κ2) is 8.81. The molecule has 1 aromatic rings. The first-order chi connectivity index (χ1) is 12.2. The number of carbonyl (C=O) groups excluding carboxylic acids is 2. The van der Waals surface area contributed by atoms with Crippen molar-refractivity contribution in [3.8, 4) is 0 Å². The van der Waals surface area contributed by atoms with Crippen molar-refractivity contribution in [1.29, 1.82) is 0 Å². The highest BCUT2D eigenvalue weighted by molar-refractivity contribution is 5.95. The van der Waals surface area contributed by atoms with E-state index < -0.39 is 0 Å². The third kappa shape index (κ3) is 5.16. The Bertz CT molecular complexity index is 648. The van der Waals surface area contributed by atoms with Gasteiger partial charge in [0.05, 0.1) is 6.10 Å². The zero-order valence-electron chi connectivity index (χ0n) is 14.6. The number of benzene rings is 1. The van der Waals surface area contributed by atoms with Gasteiger partial charge in [0, 0.05) is 30.8 Å². The largest absolute Gasteiger partial charge is 0.376 e. The maximum absolute atomic E-state index is 12.3. The van der Waals surface area contributed by atoms with Crippen LogP contribution in [-0.2, 0) is 16.1 Å². The van der Waals surface area contributed by atoms with E-state index in [0.29, 0.717) is 18.7 Å². The first-order valence-electron chi connectivity index (χ1n) is 9.18. The number of hydrogen-bond donors (Lipinski definition) is 2. The van der Waals surface area contributed by atoms with Gasteiger partial charge in [-0.05, 0) is 56.2 Å². The number of hydrogen-bond acceptors (Lipinski definition) is 3. The molecule has 1 aliphatic carbocycles. The van der Waals surface area contributed by atoms with E-state index in [4.69, 9.17) is 4.74 Å². The fraction of sp³-hybridized carbons (Fsp3) is 0.500. The van der Waals surface area contributed by atoms with Crippen LogP contribution in [0.3, 0.4) is 0 Å². The lowest BCUT2D eigenvalue weighted by Gasteiger charge is -2.13. The van der Waals surface area contributed by atoms with Crippen LogP contribution in [0.5, 0.6) is 0 Å². The van der Waals surface area contributed by atoms with Gasteiger partial charge in [0.15, 0.2) is 0 Å². The molecule has 5 heteroatoms. The van der Waals surface area contributed by atoms with Crippen molar-refractivity contribution in [3.05, 3.63) is 47.0 Å². The summed E-state index contributed by atoms with van der Waals surface area (Å²) >= 11 is 0. The van der Waals surface area contributed by atoms with Crippen LogP contribution in [0.2, 0.25) is 0 Å². The third-order valence-electron chi connectivity index (χ3n) is 4.74. The van der Waals surface area contributed by atoms with Crippen molar-refractivity contribution >= 4 is 11.8 Å². The van der Waals surface area contributed by atoms with Crippen LogP contribution in [0, 0.1) is 0 Å². The van der Waals surface area contributed by atoms with E-state index in [1.165, 1.54) is 6.42 Å². The molecule has 2 aliphatic rings. The molecule has 25 heavy (non-hydrogen) atoms. The summed E-state index contributed by atoms with van der Waals surface area (Å²) in [7, 11) is 0. The lowest BCUT2D eigenvalue weighted by Crippen LogP contribution is -2.31. The summed E-state index contributed by atoms with van der Waals surface area (Å²) < 4.78 is 5.52. The van der Waals surface area contributed by atoms with Crippen LogP contribution in [0.1, 0.15) is 54.4 Å². The Hall–Kier alpha value is -2.14. The Morgan fingerprint density at radius 1 is 1.12 bits per heavy atom. The zero-order chi connectivity index (χ0) is 17.5. The molecule has 0 aromatic heterocycles. The summed E-state index contributed by atoms with van der Waals surface area (Å²) in [4.78, 5) is 24.4. The first kappa shape index (κ1) is 17.7. The number of ether oxygens (including phenoxy) is 1. The number of allylic oxidation sites excluding steroid dienone is 1. The fourth-order valence-electron chi connectivity index (χ4n) is 3.28. The van der Waals surface area contributed by atoms with Crippen LogP contribution in [0.25, 0.3) is 0 Å². The van der Waals surface area contributed by atoms with Gasteiger partial charge in [-0.25, -0.2) is 0 Å². The van der Waals surface area contributed by atoms with E-state index >= 15 is 0 Å². The minimum Gasteiger partial charge on any atom is -0.376 e. The number of carbonyl (C=O) groups is 2. The molecule has 0 bridgehead atoms. The summed E-state index contributed by atoms with van der Waals surface area (Å²) in [6.07, 6.45) is 8.33. The first-order valence-corrected chi connectivity index (χ1v) is 9.18. The molecule has 1 aliphatic heterocycles. The highest BCUT2D eigenvalue weighted by Crippen LogP contribution is 2.17. The van der Waals surface area contributed by atoms with Crippen molar-refractivity contribution in [1.82, 2.24) is 10.6 Å². The van der Waals surface area contributed by atoms with E-state index in [1.54, 1.807) is 6.07 Å². The molecule has 1 saturated heterocycles. The predicted octanol–water partition coefficient (Wildman–Crippen LogP) is 2.71. The average molecular weight is 342 g/mol. The van der Waals surface area contributed by atoms with Crippen molar-refractivity contribution in [2.75, 3.05) is 13.2 Å². The second-order valence-corrected chi connectivity index (χ2v) is 6.70. The summed E-state index contributed by atoms with van der Waals surface area (Å²) in [6, 6.07) is 7.40. The molecule has 1 atom stereocenters. The van der Waals surface area contributed by atoms with Gasteiger partial charge in [-0.15, -0.1) is 0 Å². The Kier molecular flexibility index (Phi) is 6.23. The van der Waals surface area contributed by atoms with Gasteiger partial charge >= 0.3 is 0 Å². The van der Waals surface area contributed by atoms with Gasteiger partial charge in [0.25, 0.3) is 5.91 Å². The van der Waals surface area contributed by atoms with Crippen LogP contribution in [0.15, 0.2) is 35.9 Å². The Labute approximate surface area is 148 Å². The van der Waals surface area contributed by atoms with E-state index in [0.717, 1.165) is 49.8 Å². The Morgan fingerprint density at radius 3 is 2.80 bits per heavy atom. The van der Waals surface area contributed by atoms with E-state index in [2.05, 4.69) is 10.6 Å². The molecular formula is C20H26N2O3. The summed E-state index contributed by atoms with van der Waals surface area (Å²) in [5, 5.41) is 5.88. The number of amides is 2. The van der Waals surface area contributed by atoms with E-state index in [9.17, 15) is 9.59 Å². The predicted molar refractivity (Wildman–Crippen MR) is 96.1 cm³/mol. The van der Waals surface area contributed by atoms with E-state index in [1.807, 2.05) is 24.3 Å². The zero-order valence-corrected chi connectivity index (χ0v) is 14.6. The molecule has 1 aromatic carbocycles. The average Bonchev–Trinajstić information content (AvgIpc) is 3.19. The number of rotatable bonds is 6. The molecule has 2 amide bonds. The normalized spacial score (nSPS) is 20.0. The molecule has 2 N–H and O–H groups in total. The summed E-state index contributed by atoms with van der Waals surface area (Å²) in [5.74, 6) is -0.0911. The van der Waals surface area contributed by atoms with Gasteiger partial charge in [-0.3, -0.25) is 9.59 Å². The maximum atomic E-state index is 12.3. The SMILES string of the molecule is O=C(NCc1cccc(C(=O)NC[C@@H]2CCCO2)c1)C1=CCCCC1. The van der Waals surface area contributed by atoms with Gasteiger partial charge in [-0.1, -0.05) is 18.2 Å². The minimum absolute atomic E-state index is 0.00735. The van der Waals surface area contributed by atoms with Crippen LogP contribution in [-0.4, -0.2) is 31.1 Å². The van der Waals surface area contributed by atoms with Crippen LogP contribution in [0.4, 0.5) is 0 Å². The topological polar surface area (TPSA) is 67.4 Å².